The Hall–Kier alpha value is -2.66. The Morgan fingerprint density at radius 3 is 2.84 bits per heavy atom. The van der Waals surface area contributed by atoms with Gasteiger partial charge in [0.25, 0.3) is 5.91 Å². The van der Waals surface area contributed by atoms with E-state index < -0.39 is 0 Å². The van der Waals surface area contributed by atoms with Crippen LogP contribution in [0, 0.1) is 0 Å². The quantitative estimate of drug-likeness (QED) is 0.550. The van der Waals surface area contributed by atoms with E-state index in [9.17, 15) is 4.79 Å². The molecule has 0 radical (unpaired) electrons. The minimum Gasteiger partial charge on any atom is -0.455 e. The van der Waals surface area contributed by atoms with Gasteiger partial charge in [-0.1, -0.05) is 30.3 Å². The van der Waals surface area contributed by atoms with E-state index in [1.807, 2.05) is 47.8 Å². The Morgan fingerprint density at radius 2 is 1.96 bits per heavy atom. The Balaban J connectivity index is 1.42. The van der Waals surface area contributed by atoms with Crippen LogP contribution in [0.25, 0.3) is 11.3 Å². The number of hydrogen-bond acceptors (Lipinski definition) is 4. The van der Waals surface area contributed by atoms with Gasteiger partial charge >= 0.3 is 0 Å². The highest BCUT2D eigenvalue weighted by Gasteiger charge is 2.19. The molecule has 0 fully saturated rings. The zero-order valence-electron chi connectivity index (χ0n) is 13.7. The molecule has 1 aromatic carbocycles. The standard InChI is InChI=1S/C20H18N2O2S/c23-20(17-13-25-19-9-5-4-8-16(17)19)22-21-12-15-10-11-18(24-15)14-6-2-1-3-7-14/h1-3,6-7,10-13H,4-5,8-9H2,(H,22,23)/b21-12-. The normalized spacial score (nSPS) is 13.8. The molecule has 1 amide bonds. The van der Waals surface area contributed by atoms with Gasteiger partial charge < -0.3 is 4.42 Å². The smallest absolute Gasteiger partial charge is 0.272 e. The molecule has 1 aliphatic rings. The molecule has 2 heterocycles. The Morgan fingerprint density at radius 1 is 1.12 bits per heavy atom. The number of aryl methyl sites for hydroxylation is 1. The van der Waals surface area contributed by atoms with Crippen molar-refractivity contribution in [3.05, 3.63) is 69.6 Å². The molecule has 1 aliphatic carbocycles. The third-order valence-electron chi connectivity index (χ3n) is 4.35. The summed E-state index contributed by atoms with van der Waals surface area (Å²) in [6.45, 7) is 0. The highest BCUT2D eigenvalue weighted by molar-refractivity contribution is 7.10. The first-order valence-corrected chi connectivity index (χ1v) is 9.27. The van der Waals surface area contributed by atoms with Crippen LogP contribution < -0.4 is 5.43 Å². The van der Waals surface area contributed by atoms with Crippen molar-refractivity contribution in [1.29, 1.82) is 0 Å². The number of nitrogens with one attached hydrogen (secondary N) is 1. The molecule has 0 atom stereocenters. The molecule has 2 aromatic heterocycles. The summed E-state index contributed by atoms with van der Waals surface area (Å²) in [6, 6.07) is 13.6. The van der Waals surface area contributed by atoms with Crippen LogP contribution >= 0.6 is 11.3 Å². The van der Waals surface area contributed by atoms with Crippen LogP contribution in [0.1, 0.15) is 39.4 Å². The lowest BCUT2D eigenvalue weighted by Gasteiger charge is -2.11. The van der Waals surface area contributed by atoms with Gasteiger partial charge in [-0.05, 0) is 43.4 Å². The van der Waals surface area contributed by atoms with E-state index in [-0.39, 0.29) is 5.91 Å². The second-order valence-electron chi connectivity index (χ2n) is 6.03. The summed E-state index contributed by atoms with van der Waals surface area (Å²) in [5, 5.41) is 5.99. The zero-order chi connectivity index (χ0) is 17.1. The van der Waals surface area contributed by atoms with E-state index in [4.69, 9.17) is 4.42 Å². The van der Waals surface area contributed by atoms with Gasteiger partial charge in [0.05, 0.1) is 11.8 Å². The predicted octanol–water partition coefficient (Wildman–Crippen LogP) is 4.65. The molecule has 126 valence electrons. The number of hydrogen-bond donors (Lipinski definition) is 1. The maximum atomic E-state index is 12.3. The molecule has 0 bridgehead atoms. The highest BCUT2D eigenvalue weighted by atomic mass is 32.1. The Labute approximate surface area is 150 Å². The van der Waals surface area contributed by atoms with Gasteiger partial charge in [-0.15, -0.1) is 11.3 Å². The van der Waals surface area contributed by atoms with E-state index in [1.165, 1.54) is 23.1 Å². The van der Waals surface area contributed by atoms with Crippen LogP contribution in [0.5, 0.6) is 0 Å². The van der Waals surface area contributed by atoms with E-state index in [1.54, 1.807) is 11.3 Å². The molecule has 0 spiro atoms. The van der Waals surface area contributed by atoms with Crippen molar-refractivity contribution < 1.29 is 9.21 Å². The number of rotatable bonds is 4. The maximum Gasteiger partial charge on any atom is 0.272 e. The van der Waals surface area contributed by atoms with E-state index >= 15 is 0 Å². The second-order valence-corrected chi connectivity index (χ2v) is 6.99. The largest absolute Gasteiger partial charge is 0.455 e. The molecule has 0 unspecified atom stereocenters. The van der Waals surface area contributed by atoms with Crippen molar-refractivity contribution in [2.45, 2.75) is 25.7 Å². The molecule has 3 aromatic rings. The van der Waals surface area contributed by atoms with Gasteiger partial charge in [-0.25, -0.2) is 5.43 Å². The monoisotopic (exact) mass is 350 g/mol. The topological polar surface area (TPSA) is 54.6 Å². The SMILES string of the molecule is O=C(N/N=C\c1ccc(-c2ccccc2)o1)c1csc2c1CCCC2. The number of benzene rings is 1. The number of hydrazone groups is 1. The molecule has 4 nitrogen and oxygen atoms in total. The number of amides is 1. The third kappa shape index (κ3) is 3.42. The minimum absolute atomic E-state index is 0.148. The number of thiophene rings is 1. The van der Waals surface area contributed by atoms with E-state index in [2.05, 4.69) is 10.5 Å². The molecular formula is C20H18N2O2S. The summed E-state index contributed by atoms with van der Waals surface area (Å²) in [6.07, 6.45) is 5.98. The van der Waals surface area contributed by atoms with Gasteiger partial charge in [-0.3, -0.25) is 4.79 Å². The summed E-state index contributed by atoms with van der Waals surface area (Å²) in [5.41, 5.74) is 5.59. The minimum atomic E-state index is -0.148. The van der Waals surface area contributed by atoms with Crippen molar-refractivity contribution >= 4 is 23.5 Å². The number of nitrogens with zero attached hydrogens (tertiary/aromatic N) is 1. The highest BCUT2D eigenvalue weighted by Crippen LogP contribution is 2.30. The summed E-state index contributed by atoms with van der Waals surface area (Å²) >= 11 is 1.68. The van der Waals surface area contributed by atoms with Crippen LogP contribution in [0.15, 0.2) is 57.4 Å². The second kappa shape index (κ2) is 7.07. The molecule has 4 rings (SSSR count). The Kier molecular flexibility index (Phi) is 4.48. The number of carbonyl (C=O) groups excluding carboxylic acids is 1. The van der Waals surface area contributed by atoms with Crippen LogP contribution in [0.2, 0.25) is 0 Å². The fourth-order valence-corrected chi connectivity index (χ4v) is 4.20. The lowest BCUT2D eigenvalue weighted by Crippen LogP contribution is -2.19. The first kappa shape index (κ1) is 15.8. The van der Waals surface area contributed by atoms with Crippen molar-refractivity contribution in [2.24, 2.45) is 5.10 Å². The van der Waals surface area contributed by atoms with Gasteiger partial charge in [0.1, 0.15) is 11.5 Å². The molecule has 5 heteroatoms. The van der Waals surface area contributed by atoms with Crippen LogP contribution in [0.3, 0.4) is 0 Å². The van der Waals surface area contributed by atoms with Crippen molar-refractivity contribution in [2.75, 3.05) is 0 Å². The van der Waals surface area contributed by atoms with Gasteiger partial charge in [0, 0.05) is 15.8 Å². The summed E-state index contributed by atoms with van der Waals surface area (Å²) in [7, 11) is 0. The van der Waals surface area contributed by atoms with Crippen LogP contribution in [-0.4, -0.2) is 12.1 Å². The molecule has 0 saturated heterocycles. The number of fused-ring (bicyclic) bond motifs is 1. The first-order chi connectivity index (χ1) is 12.3. The average molecular weight is 350 g/mol. The summed E-state index contributed by atoms with van der Waals surface area (Å²) in [4.78, 5) is 13.7. The van der Waals surface area contributed by atoms with Crippen LogP contribution in [-0.2, 0) is 12.8 Å². The average Bonchev–Trinajstić information content (AvgIpc) is 3.29. The fourth-order valence-electron chi connectivity index (χ4n) is 3.08. The Bertz CT molecular complexity index is 909. The molecule has 25 heavy (non-hydrogen) atoms. The van der Waals surface area contributed by atoms with E-state index in [0.29, 0.717) is 5.76 Å². The molecular weight excluding hydrogens is 332 g/mol. The lowest BCUT2D eigenvalue weighted by atomic mass is 9.96. The third-order valence-corrected chi connectivity index (χ3v) is 5.44. The van der Waals surface area contributed by atoms with Crippen molar-refractivity contribution in [1.82, 2.24) is 5.43 Å². The fraction of sp³-hybridized carbons (Fsp3) is 0.200. The number of carbonyl (C=O) groups is 1. The predicted molar refractivity (Wildman–Crippen MR) is 100 cm³/mol. The molecule has 0 aliphatic heterocycles. The summed E-state index contributed by atoms with van der Waals surface area (Å²) in [5.74, 6) is 1.23. The van der Waals surface area contributed by atoms with Gasteiger partial charge in [0.15, 0.2) is 0 Å². The van der Waals surface area contributed by atoms with Gasteiger partial charge in [0.2, 0.25) is 0 Å². The van der Waals surface area contributed by atoms with Gasteiger partial charge in [-0.2, -0.15) is 5.10 Å². The lowest BCUT2D eigenvalue weighted by molar-refractivity contribution is 0.0954. The first-order valence-electron chi connectivity index (χ1n) is 8.39. The van der Waals surface area contributed by atoms with Crippen LogP contribution in [0.4, 0.5) is 0 Å². The maximum absolute atomic E-state index is 12.3. The van der Waals surface area contributed by atoms with Crippen molar-refractivity contribution in [3.63, 3.8) is 0 Å². The molecule has 0 saturated carbocycles. The zero-order valence-corrected chi connectivity index (χ0v) is 14.5. The summed E-state index contributed by atoms with van der Waals surface area (Å²) < 4.78 is 5.73. The van der Waals surface area contributed by atoms with E-state index in [0.717, 1.165) is 36.1 Å². The molecule has 1 N–H and O–H groups in total. The van der Waals surface area contributed by atoms with Crippen molar-refractivity contribution in [3.8, 4) is 11.3 Å². The number of furan rings is 1.